The van der Waals surface area contributed by atoms with Crippen molar-refractivity contribution in [1.82, 2.24) is 0 Å². The molecule has 0 heterocycles. The molecule has 0 aliphatic carbocycles. The second kappa shape index (κ2) is 10.5. The summed E-state index contributed by atoms with van der Waals surface area (Å²) in [5, 5.41) is -0.535. The molecule has 0 spiro atoms. The average molecular weight is 415 g/mol. The number of thioether (sulfide) groups is 1. The number of hydrogen-bond donors (Lipinski definition) is 0. The summed E-state index contributed by atoms with van der Waals surface area (Å²) in [4.78, 5) is 25.1. The minimum Gasteiger partial charge on any atom is -0.497 e. The fourth-order valence-corrected chi connectivity index (χ4v) is 3.87. The van der Waals surface area contributed by atoms with Gasteiger partial charge in [-0.3, -0.25) is 9.59 Å². The lowest BCUT2D eigenvalue weighted by molar-refractivity contribution is -0.142. The lowest BCUT2D eigenvalue weighted by atomic mass is 9.87. The van der Waals surface area contributed by atoms with E-state index in [0.717, 1.165) is 5.56 Å². The molecule has 0 aliphatic heterocycles. The van der Waals surface area contributed by atoms with Crippen molar-refractivity contribution in [1.29, 1.82) is 0 Å². The van der Waals surface area contributed by atoms with Crippen molar-refractivity contribution in [3.05, 3.63) is 65.2 Å². The zero-order valence-corrected chi connectivity index (χ0v) is 18.7. The van der Waals surface area contributed by atoms with Crippen molar-refractivity contribution in [2.45, 2.75) is 50.5 Å². The fourth-order valence-electron chi connectivity index (χ4n) is 2.81. The van der Waals surface area contributed by atoms with Gasteiger partial charge in [0.05, 0.1) is 13.7 Å². The van der Waals surface area contributed by atoms with Crippen molar-refractivity contribution < 1.29 is 19.1 Å². The highest BCUT2D eigenvalue weighted by Gasteiger charge is 2.24. The average Bonchev–Trinajstić information content (AvgIpc) is 2.70. The number of ketones is 1. The fraction of sp³-hybridized carbons (Fsp3) is 0.417. The summed E-state index contributed by atoms with van der Waals surface area (Å²) >= 11 is 1.45. The van der Waals surface area contributed by atoms with Crippen LogP contribution in [0, 0.1) is 0 Å². The van der Waals surface area contributed by atoms with E-state index < -0.39 is 5.25 Å². The van der Waals surface area contributed by atoms with E-state index in [2.05, 4.69) is 45.0 Å². The standard InChI is InChI=1S/C24H30O4S/c1-6-28-23(26)22(15-21(25)18-9-13-20(27-5)14-10-18)29-16-17-7-11-19(12-8-17)24(2,3)4/h7-14,22H,6,15-16H2,1-5H3/t22-/m0/s1. The zero-order valence-electron chi connectivity index (χ0n) is 17.9. The van der Waals surface area contributed by atoms with Crippen molar-refractivity contribution in [3.63, 3.8) is 0 Å². The van der Waals surface area contributed by atoms with Gasteiger partial charge in [0.1, 0.15) is 11.0 Å². The van der Waals surface area contributed by atoms with E-state index in [1.807, 2.05) is 0 Å². The number of rotatable bonds is 9. The monoisotopic (exact) mass is 414 g/mol. The van der Waals surface area contributed by atoms with Gasteiger partial charge in [-0.1, -0.05) is 45.0 Å². The molecule has 29 heavy (non-hydrogen) atoms. The summed E-state index contributed by atoms with van der Waals surface area (Å²) in [6, 6.07) is 15.4. The Morgan fingerprint density at radius 2 is 1.62 bits per heavy atom. The minimum atomic E-state index is -0.535. The number of methoxy groups -OCH3 is 1. The zero-order chi connectivity index (χ0) is 21.4. The lowest BCUT2D eigenvalue weighted by Crippen LogP contribution is -2.24. The third-order valence-electron chi connectivity index (χ3n) is 4.60. The summed E-state index contributed by atoms with van der Waals surface area (Å²) in [5.74, 6) is 0.910. The quantitative estimate of drug-likeness (QED) is 0.404. The highest BCUT2D eigenvalue weighted by atomic mass is 32.2. The minimum absolute atomic E-state index is 0.0821. The molecule has 2 rings (SSSR count). The molecule has 0 aromatic heterocycles. The largest absolute Gasteiger partial charge is 0.497 e. The molecular formula is C24H30O4S. The molecular weight excluding hydrogens is 384 g/mol. The normalized spacial score (nSPS) is 12.3. The Kier molecular flexibility index (Phi) is 8.32. The van der Waals surface area contributed by atoms with Crippen LogP contribution in [0.25, 0.3) is 0 Å². The highest BCUT2D eigenvalue weighted by molar-refractivity contribution is 7.99. The Morgan fingerprint density at radius 3 is 2.14 bits per heavy atom. The van der Waals surface area contributed by atoms with Crippen LogP contribution in [-0.2, 0) is 20.7 Å². The maximum Gasteiger partial charge on any atom is 0.319 e. The van der Waals surface area contributed by atoms with Crippen LogP contribution in [0.15, 0.2) is 48.5 Å². The van der Waals surface area contributed by atoms with Crippen LogP contribution in [0.5, 0.6) is 5.75 Å². The van der Waals surface area contributed by atoms with E-state index in [4.69, 9.17) is 9.47 Å². The Labute approximate surface area is 178 Å². The number of ether oxygens (including phenoxy) is 2. The first-order valence-corrected chi connectivity index (χ1v) is 10.8. The van der Waals surface area contributed by atoms with Crippen molar-refractivity contribution in [3.8, 4) is 5.75 Å². The van der Waals surface area contributed by atoms with Gasteiger partial charge in [0.2, 0.25) is 0 Å². The van der Waals surface area contributed by atoms with E-state index in [1.165, 1.54) is 17.3 Å². The molecule has 5 heteroatoms. The van der Waals surface area contributed by atoms with E-state index in [0.29, 0.717) is 23.7 Å². The first-order valence-electron chi connectivity index (χ1n) is 9.79. The van der Waals surface area contributed by atoms with E-state index in [9.17, 15) is 9.59 Å². The molecule has 156 valence electrons. The molecule has 0 bridgehead atoms. The Bertz CT molecular complexity index is 804. The second-order valence-corrected chi connectivity index (χ2v) is 9.05. The summed E-state index contributed by atoms with van der Waals surface area (Å²) in [6.45, 7) is 8.61. The van der Waals surface area contributed by atoms with Crippen molar-refractivity contribution >= 4 is 23.5 Å². The molecule has 0 amide bonds. The summed E-state index contributed by atoms with van der Waals surface area (Å²) in [5.41, 5.74) is 3.05. The number of carbonyl (C=O) groups excluding carboxylic acids is 2. The molecule has 2 aromatic carbocycles. The Hall–Kier alpha value is -2.27. The molecule has 0 aliphatic rings. The Morgan fingerprint density at radius 1 is 1.00 bits per heavy atom. The molecule has 0 fully saturated rings. The first kappa shape index (κ1) is 23.0. The van der Waals surface area contributed by atoms with Crippen molar-refractivity contribution in [2.75, 3.05) is 13.7 Å². The molecule has 0 unspecified atom stereocenters. The SMILES string of the molecule is CCOC(=O)[C@H](CC(=O)c1ccc(OC)cc1)SCc1ccc(C(C)(C)C)cc1. The number of carbonyl (C=O) groups is 2. The van der Waals surface area contributed by atoms with Gasteiger partial charge < -0.3 is 9.47 Å². The maximum absolute atomic E-state index is 12.7. The third kappa shape index (κ3) is 6.93. The van der Waals surface area contributed by atoms with Crippen molar-refractivity contribution in [2.24, 2.45) is 0 Å². The van der Waals surface area contributed by atoms with Crippen LogP contribution in [-0.4, -0.2) is 30.7 Å². The number of hydrogen-bond acceptors (Lipinski definition) is 5. The van der Waals surface area contributed by atoms with Crippen LogP contribution < -0.4 is 4.74 Å². The number of esters is 1. The summed E-state index contributed by atoms with van der Waals surface area (Å²) < 4.78 is 10.3. The summed E-state index contributed by atoms with van der Waals surface area (Å²) in [7, 11) is 1.58. The Balaban J connectivity index is 2.05. The maximum atomic E-state index is 12.7. The van der Waals surface area contributed by atoms with Gasteiger partial charge in [-0.05, 0) is 47.7 Å². The van der Waals surface area contributed by atoms with Gasteiger partial charge in [0, 0.05) is 17.7 Å². The van der Waals surface area contributed by atoms with Crippen LogP contribution >= 0.6 is 11.8 Å². The predicted molar refractivity (Wildman–Crippen MR) is 119 cm³/mol. The van der Waals surface area contributed by atoms with Crippen LogP contribution in [0.1, 0.15) is 55.6 Å². The van der Waals surface area contributed by atoms with Crippen LogP contribution in [0.3, 0.4) is 0 Å². The van der Waals surface area contributed by atoms with Gasteiger partial charge in [-0.25, -0.2) is 0 Å². The molecule has 0 saturated carbocycles. The van der Waals surface area contributed by atoms with Crippen LogP contribution in [0.4, 0.5) is 0 Å². The van der Waals surface area contributed by atoms with Gasteiger partial charge in [0.15, 0.2) is 5.78 Å². The van der Waals surface area contributed by atoms with E-state index in [1.54, 1.807) is 38.3 Å². The second-order valence-electron chi connectivity index (χ2n) is 7.85. The molecule has 0 radical (unpaired) electrons. The summed E-state index contributed by atoms with van der Waals surface area (Å²) in [6.07, 6.45) is 0.107. The van der Waals surface area contributed by atoms with E-state index in [-0.39, 0.29) is 23.6 Å². The predicted octanol–water partition coefficient (Wildman–Crippen LogP) is 5.43. The number of Topliss-reactive ketones (excluding diaryl/α,β-unsaturated/α-hetero) is 1. The molecule has 0 N–H and O–H groups in total. The molecule has 0 saturated heterocycles. The molecule has 1 atom stereocenters. The van der Waals surface area contributed by atoms with Gasteiger partial charge in [0.25, 0.3) is 0 Å². The smallest absolute Gasteiger partial charge is 0.319 e. The number of benzene rings is 2. The highest BCUT2D eigenvalue weighted by Crippen LogP contribution is 2.26. The van der Waals surface area contributed by atoms with Crippen LogP contribution in [0.2, 0.25) is 0 Å². The van der Waals surface area contributed by atoms with Gasteiger partial charge >= 0.3 is 5.97 Å². The molecule has 2 aromatic rings. The lowest BCUT2D eigenvalue weighted by Gasteiger charge is -2.19. The third-order valence-corrected chi connectivity index (χ3v) is 5.86. The van der Waals surface area contributed by atoms with E-state index >= 15 is 0 Å². The first-order chi connectivity index (χ1) is 13.7. The topological polar surface area (TPSA) is 52.6 Å². The molecule has 4 nitrogen and oxygen atoms in total. The van der Waals surface area contributed by atoms with Gasteiger partial charge in [-0.2, -0.15) is 0 Å². The van der Waals surface area contributed by atoms with Gasteiger partial charge in [-0.15, -0.1) is 11.8 Å².